The topological polar surface area (TPSA) is 29.1 Å². The summed E-state index contributed by atoms with van der Waals surface area (Å²) in [6.07, 6.45) is 6.48. The number of carbonyl (C=O) groups is 1. The molecular formula is C11H21NO. The summed E-state index contributed by atoms with van der Waals surface area (Å²) in [5.41, 5.74) is -0.151. The first-order valence-corrected chi connectivity index (χ1v) is 5.53. The highest BCUT2D eigenvalue weighted by atomic mass is 16.1. The fourth-order valence-electron chi connectivity index (χ4n) is 2.39. The van der Waals surface area contributed by atoms with Crippen molar-refractivity contribution in [3.63, 3.8) is 0 Å². The molecule has 1 saturated carbocycles. The van der Waals surface area contributed by atoms with Crippen molar-refractivity contribution in [2.24, 2.45) is 0 Å². The molecule has 0 atom stereocenters. The van der Waals surface area contributed by atoms with E-state index in [9.17, 15) is 4.79 Å². The van der Waals surface area contributed by atoms with Crippen LogP contribution in [0.3, 0.4) is 0 Å². The number of hydrogen-bond donors (Lipinski definition) is 1. The lowest BCUT2D eigenvalue weighted by molar-refractivity contribution is -0.126. The lowest BCUT2D eigenvalue weighted by Crippen LogP contribution is -2.53. The van der Waals surface area contributed by atoms with E-state index >= 15 is 0 Å². The van der Waals surface area contributed by atoms with Gasteiger partial charge in [-0.3, -0.25) is 4.79 Å². The maximum Gasteiger partial charge on any atom is 0.152 e. The lowest BCUT2D eigenvalue weighted by Gasteiger charge is -2.36. The van der Waals surface area contributed by atoms with Crippen LogP contribution in [0.5, 0.6) is 0 Å². The van der Waals surface area contributed by atoms with Gasteiger partial charge < -0.3 is 5.32 Å². The van der Waals surface area contributed by atoms with Gasteiger partial charge in [0, 0.05) is 6.42 Å². The minimum absolute atomic E-state index is 0.151. The zero-order chi connectivity index (χ0) is 9.73. The summed E-state index contributed by atoms with van der Waals surface area (Å²) >= 11 is 0. The van der Waals surface area contributed by atoms with Crippen LogP contribution < -0.4 is 5.32 Å². The van der Waals surface area contributed by atoms with Gasteiger partial charge in [0.2, 0.25) is 0 Å². The summed E-state index contributed by atoms with van der Waals surface area (Å²) in [4.78, 5) is 11.8. The normalized spacial score (nSPS) is 21.4. The Morgan fingerprint density at radius 2 is 1.85 bits per heavy atom. The van der Waals surface area contributed by atoms with Crippen LogP contribution in [-0.2, 0) is 4.79 Å². The Hall–Kier alpha value is -0.370. The minimum Gasteiger partial charge on any atom is -0.305 e. The molecule has 0 amide bonds. The largest absolute Gasteiger partial charge is 0.305 e. The highest BCUT2D eigenvalue weighted by Gasteiger charge is 2.36. The Bertz CT molecular complexity index is 165. The predicted molar refractivity (Wildman–Crippen MR) is 54.8 cm³/mol. The van der Waals surface area contributed by atoms with Crippen molar-refractivity contribution in [3.8, 4) is 0 Å². The van der Waals surface area contributed by atoms with Crippen LogP contribution in [0.15, 0.2) is 0 Å². The smallest absolute Gasteiger partial charge is 0.152 e. The molecule has 0 saturated heterocycles. The van der Waals surface area contributed by atoms with Crippen LogP contribution in [0, 0.1) is 0 Å². The van der Waals surface area contributed by atoms with E-state index in [2.05, 4.69) is 12.2 Å². The Labute approximate surface area is 81.1 Å². The second-order valence-corrected chi connectivity index (χ2v) is 3.95. The molecule has 1 aliphatic carbocycles. The zero-order valence-corrected chi connectivity index (χ0v) is 8.86. The highest BCUT2D eigenvalue weighted by molar-refractivity contribution is 5.88. The summed E-state index contributed by atoms with van der Waals surface area (Å²) in [6.45, 7) is 4.96. The van der Waals surface area contributed by atoms with Gasteiger partial charge in [0.05, 0.1) is 5.54 Å². The number of Topliss-reactive ketones (excluding diaryl/α,β-unsaturated/α-hetero) is 1. The van der Waals surface area contributed by atoms with Crippen LogP contribution in [0.25, 0.3) is 0 Å². The third kappa shape index (κ3) is 2.31. The fourth-order valence-corrected chi connectivity index (χ4v) is 2.39. The van der Waals surface area contributed by atoms with Crippen molar-refractivity contribution in [1.29, 1.82) is 0 Å². The Kier molecular flexibility index (Phi) is 3.91. The second-order valence-electron chi connectivity index (χ2n) is 3.95. The molecule has 0 radical (unpaired) electrons. The summed E-state index contributed by atoms with van der Waals surface area (Å²) < 4.78 is 0. The molecule has 13 heavy (non-hydrogen) atoms. The number of carbonyl (C=O) groups excluding carboxylic acids is 1. The first kappa shape index (κ1) is 10.7. The van der Waals surface area contributed by atoms with Crippen molar-refractivity contribution >= 4 is 5.78 Å². The van der Waals surface area contributed by atoms with Gasteiger partial charge >= 0.3 is 0 Å². The molecule has 0 aromatic rings. The molecule has 1 aliphatic rings. The molecule has 0 aromatic heterocycles. The summed E-state index contributed by atoms with van der Waals surface area (Å²) in [6, 6.07) is 0. The summed E-state index contributed by atoms with van der Waals surface area (Å²) in [7, 11) is 0. The van der Waals surface area contributed by atoms with Gasteiger partial charge in [-0.05, 0) is 19.4 Å². The second kappa shape index (κ2) is 4.75. The van der Waals surface area contributed by atoms with E-state index in [0.717, 1.165) is 19.4 Å². The van der Waals surface area contributed by atoms with Crippen molar-refractivity contribution < 1.29 is 4.79 Å². The van der Waals surface area contributed by atoms with Crippen molar-refractivity contribution in [2.45, 2.75) is 57.9 Å². The van der Waals surface area contributed by atoms with Gasteiger partial charge in [-0.15, -0.1) is 0 Å². The highest BCUT2D eigenvalue weighted by Crippen LogP contribution is 2.29. The molecule has 0 heterocycles. The standard InChI is InChI=1S/C11H21NO/c1-3-10(13)11(12-4-2)8-6-5-7-9-11/h12H,3-9H2,1-2H3. The molecular weight excluding hydrogens is 162 g/mol. The number of rotatable bonds is 4. The molecule has 1 rings (SSSR count). The van der Waals surface area contributed by atoms with Gasteiger partial charge in [0.15, 0.2) is 5.78 Å². The van der Waals surface area contributed by atoms with E-state index in [1.807, 2.05) is 6.92 Å². The van der Waals surface area contributed by atoms with E-state index in [4.69, 9.17) is 0 Å². The Morgan fingerprint density at radius 1 is 1.23 bits per heavy atom. The van der Waals surface area contributed by atoms with Gasteiger partial charge in [0.25, 0.3) is 0 Å². The molecule has 2 heteroatoms. The quantitative estimate of drug-likeness (QED) is 0.724. The van der Waals surface area contributed by atoms with Crippen LogP contribution in [0.4, 0.5) is 0 Å². The van der Waals surface area contributed by atoms with Crippen LogP contribution in [0.2, 0.25) is 0 Å². The number of likely N-dealkylation sites (N-methyl/N-ethyl adjacent to an activating group) is 1. The monoisotopic (exact) mass is 183 g/mol. The van der Waals surface area contributed by atoms with Crippen molar-refractivity contribution in [3.05, 3.63) is 0 Å². The van der Waals surface area contributed by atoms with Crippen LogP contribution in [0.1, 0.15) is 52.4 Å². The molecule has 0 aliphatic heterocycles. The van der Waals surface area contributed by atoms with Gasteiger partial charge in [-0.25, -0.2) is 0 Å². The Balaban J connectivity index is 2.66. The third-order valence-electron chi connectivity index (χ3n) is 3.08. The molecule has 76 valence electrons. The molecule has 0 bridgehead atoms. The molecule has 0 aromatic carbocycles. The maximum absolute atomic E-state index is 11.8. The van der Waals surface area contributed by atoms with Crippen molar-refractivity contribution in [2.75, 3.05) is 6.54 Å². The molecule has 2 nitrogen and oxygen atoms in total. The summed E-state index contributed by atoms with van der Waals surface area (Å²) in [5.74, 6) is 0.411. The first-order valence-electron chi connectivity index (χ1n) is 5.53. The van der Waals surface area contributed by atoms with Gasteiger partial charge in [-0.1, -0.05) is 33.1 Å². The molecule has 0 unspecified atom stereocenters. The average Bonchev–Trinajstić information content (AvgIpc) is 2.18. The number of ketones is 1. The average molecular weight is 183 g/mol. The SMILES string of the molecule is CCNC1(C(=O)CC)CCCCC1. The van der Waals surface area contributed by atoms with Gasteiger partial charge in [0.1, 0.15) is 0 Å². The minimum atomic E-state index is -0.151. The van der Waals surface area contributed by atoms with E-state index < -0.39 is 0 Å². The van der Waals surface area contributed by atoms with Crippen molar-refractivity contribution in [1.82, 2.24) is 5.32 Å². The fraction of sp³-hybridized carbons (Fsp3) is 0.909. The summed E-state index contributed by atoms with van der Waals surface area (Å²) in [5, 5.41) is 3.40. The molecule has 1 fully saturated rings. The number of hydrogen-bond acceptors (Lipinski definition) is 2. The predicted octanol–water partition coefficient (Wildman–Crippen LogP) is 2.28. The van der Waals surface area contributed by atoms with Gasteiger partial charge in [-0.2, -0.15) is 0 Å². The van der Waals surface area contributed by atoms with Crippen LogP contribution in [-0.4, -0.2) is 17.9 Å². The lowest BCUT2D eigenvalue weighted by atomic mass is 9.77. The van der Waals surface area contributed by atoms with E-state index in [-0.39, 0.29) is 5.54 Å². The number of nitrogens with one attached hydrogen (secondary N) is 1. The Morgan fingerprint density at radius 3 is 2.31 bits per heavy atom. The molecule has 0 spiro atoms. The first-order chi connectivity index (χ1) is 6.25. The maximum atomic E-state index is 11.8. The third-order valence-corrected chi connectivity index (χ3v) is 3.08. The van der Waals surface area contributed by atoms with Crippen LogP contribution >= 0.6 is 0 Å². The van der Waals surface area contributed by atoms with E-state index in [0.29, 0.717) is 12.2 Å². The zero-order valence-electron chi connectivity index (χ0n) is 8.86. The van der Waals surface area contributed by atoms with E-state index in [1.165, 1.54) is 19.3 Å². The molecule has 1 N–H and O–H groups in total. The van der Waals surface area contributed by atoms with E-state index in [1.54, 1.807) is 0 Å².